The van der Waals surface area contributed by atoms with Gasteiger partial charge in [0, 0.05) is 19.1 Å². The highest BCUT2D eigenvalue weighted by atomic mass is 35.5. The third kappa shape index (κ3) is 3.57. The Morgan fingerprint density at radius 3 is 2.58 bits per heavy atom. The molecule has 0 amide bonds. The van der Waals surface area contributed by atoms with E-state index in [1.54, 1.807) is 0 Å². The minimum Gasteiger partial charge on any atom is -0.367 e. The second kappa shape index (κ2) is 6.53. The number of nitrogens with one attached hydrogen (secondary N) is 1. The van der Waals surface area contributed by atoms with E-state index in [0.29, 0.717) is 5.15 Å². The van der Waals surface area contributed by atoms with Crippen molar-refractivity contribution in [3.8, 4) is 0 Å². The molecule has 4 nitrogen and oxygen atoms in total. The van der Waals surface area contributed by atoms with Crippen molar-refractivity contribution in [2.24, 2.45) is 0 Å². The third-order valence-corrected chi connectivity index (χ3v) is 4.53. The summed E-state index contributed by atoms with van der Waals surface area (Å²) in [5.41, 5.74) is 2.09. The number of hydrogen-bond donors (Lipinski definition) is 1. The molecule has 1 aromatic heterocycles. The molecular formula is C14H23ClN4. The molecule has 19 heavy (non-hydrogen) atoms. The quantitative estimate of drug-likeness (QED) is 0.901. The first-order chi connectivity index (χ1) is 9.09. The van der Waals surface area contributed by atoms with Crippen molar-refractivity contribution in [3.05, 3.63) is 16.3 Å². The monoisotopic (exact) mass is 282 g/mol. The molecule has 1 aromatic rings. The second-order valence-corrected chi connectivity index (χ2v) is 5.79. The summed E-state index contributed by atoms with van der Waals surface area (Å²) in [5.74, 6) is 0.849. The topological polar surface area (TPSA) is 41.1 Å². The van der Waals surface area contributed by atoms with E-state index >= 15 is 0 Å². The number of anilines is 1. The maximum atomic E-state index is 5.95. The van der Waals surface area contributed by atoms with Crippen molar-refractivity contribution < 1.29 is 0 Å². The minimum atomic E-state index is 0.492. The minimum absolute atomic E-state index is 0.492. The maximum Gasteiger partial charge on any atom is 0.155 e. The van der Waals surface area contributed by atoms with Gasteiger partial charge in [-0.2, -0.15) is 0 Å². The van der Waals surface area contributed by atoms with E-state index in [1.807, 2.05) is 13.8 Å². The predicted octanol–water partition coefficient (Wildman–Crippen LogP) is 3.03. The van der Waals surface area contributed by atoms with Gasteiger partial charge in [0.1, 0.15) is 0 Å². The summed E-state index contributed by atoms with van der Waals surface area (Å²) < 4.78 is 0. The number of halogens is 1. The molecule has 1 aliphatic rings. The highest BCUT2D eigenvalue weighted by Crippen LogP contribution is 2.22. The summed E-state index contributed by atoms with van der Waals surface area (Å²) in [6, 6.07) is 0.765. The summed E-state index contributed by atoms with van der Waals surface area (Å²) >= 11 is 5.95. The smallest absolute Gasteiger partial charge is 0.155 e. The molecule has 0 atom stereocenters. The predicted molar refractivity (Wildman–Crippen MR) is 79.9 cm³/mol. The molecule has 0 radical (unpaired) electrons. The van der Waals surface area contributed by atoms with Crippen LogP contribution in [0.15, 0.2) is 0 Å². The highest BCUT2D eigenvalue weighted by Gasteiger charge is 2.18. The molecule has 0 unspecified atom stereocenters. The SMILES string of the molecule is Cc1c(Cl)nnc(NCCN(C)C2CCCC2)c1C. The lowest BCUT2D eigenvalue weighted by atomic mass is 10.2. The standard InChI is InChI=1S/C14H23ClN4/c1-10-11(2)14(18-17-13(10)15)16-8-9-19(3)12-6-4-5-7-12/h12H,4-9H2,1-3H3,(H,16,18). The van der Waals surface area contributed by atoms with E-state index in [4.69, 9.17) is 11.6 Å². The van der Waals surface area contributed by atoms with Crippen LogP contribution in [-0.4, -0.2) is 41.3 Å². The van der Waals surface area contributed by atoms with Crippen LogP contribution in [0.25, 0.3) is 0 Å². The van der Waals surface area contributed by atoms with Crippen LogP contribution in [0.2, 0.25) is 5.15 Å². The molecule has 1 N–H and O–H groups in total. The number of hydrogen-bond acceptors (Lipinski definition) is 4. The maximum absolute atomic E-state index is 5.95. The van der Waals surface area contributed by atoms with Crippen LogP contribution in [0, 0.1) is 13.8 Å². The lowest BCUT2D eigenvalue weighted by Gasteiger charge is -2.24. The Labute approximate surface area is 120 Å². The number of nitrogens with zero attached hydrogens (tertiary/aromatic N) is 3. The van der Waals surface area contributed by atoms with Gasteiger partial charge < -0.3 is 10.2 Å². The van der Waals surface area contributed by atoms with Crippen molar-refractivity contribution in [2.75, 3.05) is 25.5 Å². The van der Waals surface area contributed by atoms with Gasteiger partial charge in [-0.3, -0.25) is 0 Å². The van der Waals surface area contributed by atoms with Gasteiger partial charge in [-0.15, -0.1) is 10.2 Å². The number of rotatable bonds is 5. The molecule has 0 aliphatic heterocycles. The first-order valence-electron chi connectivity index (χ1n) is 7.03. The zero-order valence-corrected chi connectivity index (χ0v) is 12.8. The van der Waals surface area contributed by atoms with Gasteiger partial charge in [0.15, 0.2) is 11.0 Å². The fourth-order valence-corrected chi connectivity index (χ4v) is 2.80. The molecule has 1 fully saturated rings. The van der Waals surface area contributed by atoms with Crippen LogP contribution in [0.4, 0.5) is 5.82 Å². The normalized spacial score (nSPS) is 16.3. The molecule has 0 bridgehead atoms. The van der Waals surface area contributed by atoms with E-state index in [-0.39, 0.29) is 0 Å². The van der Waals surface area contributed by atoms with Gasteiger partial charge in [0.25, 0.3) is 0 Å². The van der Waals surface area contributed by atoms with E-state index in [2.05, 4.69) is 27.5 Å². The Morgan fingerprint density at radius 2 is 1.89 bits per heavy atom. The van der Waals surface area contributed by atoms with E-state index in [0.717, 1.165) is 36.1 Å². The summed E-state index contributed by atoms with van der Waals surface area (Å²) in [6.07, 6.45) is 5.44. The van der Waals surface area contributed by atoms with Crippen LogP contribution >= 0.6 is 11.6 Å². The van der Waals surface area contributed by atoms with Crippen molar-refractivity contribution in [1.82, 2.24) is 15.1 Å². The molecule has 1 aliphatic carbocycles. The first-order valence-corrected chi connectivity index (χ1v) is 7.41. The van der Waals surface area contributed by atoms with Crippen LogP contribution in [-0.2, 0) is 0 Å². The molecule has 106 valence electrons. The molecule has 0 saturated heterocycles. The molecule has 0 spiro atoms. The summed E-state index contributed by atoms with van der Waals surface area (Å²) in [7, 11) is 2.21. The molecule has 5 heteroatoms. The summed E-state index contributed by atoms with van der Waals surface area (Å²) in [4.78, 5) is 2.45. The fraction of sp³-hybridized carbons (Fsp3) is 0.714. The fourth-order valence-electron chi connectivity index (χ4n) is 2.62. The Bertz CT molecular complexity index is 430. The highest BCUT2D eigenvalue weighted by molar-refractivity contribution is 6.30. The molecule has 1 heterocycles. The molecule has 1 saturated carbocycles. The van der Waals surface area contributed by atoms with Crippen LogP contribution in [0.3, 0.4) is 0 Å². The van der Waals surface area contributed by atoms with Gasteiger partial charge >= 0.3 is 0 Å². The summed E-state index contributed by atoms with van der Waals surface area (Å²) in [6.45, 7) is 5.93. The average molecular weight is 283 g/mol. The number of aromatic nitrogens is 2. The lowest BCUT2D eigenvalue weighted by molar-refractivity contribution is 0.254. The van der Waals surface area contributed by atoms with E-state index in [9.17, 15) is 0 Å². The second-order valence-electron chi connectivity index (χ2n) is 5.44. The van der Waals surface area contributed by atoms with Crippen LogP contribution in [0.1, 0.15) is 36.8 Å². The molecule has 0 aromatic carbocycles. The largest absolute Gasteiger partial charge is 0.367 e. The Morgan fingerprint density at radius 1 is 1.21 bits per heavy atom. The zero-order chi connectivity index (χ0) is 13.8. The zero-order valence-electron chi connectivity index (χ0n) is 12.0. The van der Waals surface area contributed by atoms with Gasteiger partial charge in [-0.05, 0) is 44.9 Å². The Hall–Kier alpha value is -0.870. The first kappa shape index (κ1) is 14.5. The van der Waals surface area contributed by atoms with Crippen LogP contribution < -0.4 is 5.32 Å². The van der Waals surface area contributed by atoms with Crippen molar-refractivity contribution in [2.45, 2.75) is 45.6 Å². The summed E-state index contributed by atoms with van der Waals surface area (Å²) in [5, 5.41) is 11.9. The third-order valence-electron chi connectivity index (χ3n) is 4.17. The van der Waals surface area contributed by atoms with Crippen LogP contribution in [0.5, 0.6) is 0 Å². The van der Waals surface area contributed by atoms with E-state index in [1.165, 1.54) is 25.7 Å². The van der Waals surface area contributed by atoms with Gasteiger partial charge in [0.05, 0.1) is 0 Å². The lowest BCUT2D eigenvalue weighted by Crippen LogP contribution is -2.33. The molecule has 2 rings (SSSR count). The molecular weight excluding hydrogens is 260 g/mol. The van der Waals surface area contributed by atoms with Crippen molar-refractivity contribution in [1.29, 1.82) is 0 Å². The number of likely N-dealkylation sites (N-methyl/N-ethyl adjacent to an activating group) is 1. The average Bonchev–Trinajstić information content (AvgIpc) is 2.92. The van der Waals surface area contributed by atoms with Gasteiger partial charge in [-0.25, -0.2) is 0 Å². The van der Waals surface area contributed by atoms with Crippen molar-refractivity contribution >= 4 is 17.4 Å². The van der Waals surface area contributed by atoms with Crippen molar-refractivity contribution in [3.63, 3.8) is 0 Å². The van der Waals surface area contributed by atoms with Gasteiger partial charge in [-0.1, -0.05) is 24.4 Å². The Balaban J connectivity index is 1.84. The Kier molecular flexibility index (Phi) is 4.99. The van der Waals surface area contributed by atoms with E-state index < -0.39 is 0 Å². The van der Waals surface area contributed by atoms with Gasteiger partial charge in [0.2, 0.25) is 0 Å².